The number of hydrogen-bond acceptors (Lipinski definition) is 6. The van der Waals surface area contributed by atoms with Crippen molar-refractivity contribution in [1.29, 1.82) is 5.26 Å². The monoisotopic (exact) mass is 353 g/mol. The highest BCUT2D eigenvalue weighted by atomic mass is 16.5. The lowest BCUT2D eigenvalue weighted by molar-refractivity contribution is 0.340. The molecule has 2 heterocycles. The molecule has 0 radical (unpaired) electrons. The summed E-state index contributed by atoms with van der Waals surface area (Å²) in [5.74, 6) is 0.447. The smallest absolute Gasteiger partial charge is 0.332 e. The number of nitrogens with zero attached hydrogens (tertiary/aromatic N) is 3. The highest BCUT2D eigenvalue weighted by Gasteiger charge is 2.34. The molecule has 134 valence electrons. The zero-order valence-electron chi connectivity index (χ0n) is 14.7. The number of allylic oxidation sites excluding steroid dienone is 1. The molecule has 8 nitrogen and oxygen atoms in total. The summed E-state index contributed by atoms with van der Waals surface area (Å²) in [7, 11) is 2.96. The molecule has 0 aliphatic carbocycles. The van der Waals surface area contributed by atoms with Crippen LogP contribution in [0.4, 0.5) is 5.82 Å². The normalized spacial score (nSPS) is 15.8. The zero-order chi connectivity index (χ0) is 19.0. The molecule has 1 aromatic heterocycles. The molecule has 0 bridgehead atoms. The van der Waals surface area contributed by atoms with Crippen molar-refractivity contribution in [3.8, 4) is 11.8 Å². The first-order chi connectivity index (χ1) is 12.4. The topological polar surface area (TPSA) is 115 Å². The Bertz CT molecular complexity index is 1050. The van der Waals surface area contributed by atoms with Crippen molar-refractivity contribution in [2.45, 2.75) is 12.8 Å². The summed E-state index contributed by atoms with van der Waals surface area (Å²) in [6.45, 7) is 2.42. The minimum atomic E-state index is -0.669. The lowest BCUT2D eigenvalue weighted by Gasteiger charge is -2.28. The van der Waals surface area contributed by atoms with Gasteiger partial charge in [-0.3, -0.25) is 13.9 Å². The van der Waals surface area contributed by atoms with E-state index in [1.54, 1.807) is 31.3 Å². The van der Waals surface area contributed by atoms with E-state index in [9.17, 15) is 14.9 Å². The van der Waals surface area contributed by atoms with Gasteiger partial charge in [-0.15, -0.1) is 0 Å². The Morgan fingerprint density at radius 1 is 1.23 bits per heavy atom. The maximum atomic E-state index is 12.8. The van der Waals surface area contributed by atoms with E-state index in [1.165, 1.54) is 11.6 Å². The van der Waals surface area contributed by atoms with E-state index in [2.05, 4.69) is 11.4 Å². The molecule has 0 saturated heterocycles. The molecule has 1 atom stereocenters. The first kappa shape index (κ1) is 17.4. The summed E-state index contributed by atoms with van der Waals surface area (Å²) in [6.07, 6.45) is 0. The number of hydrogen-bond donors (Lipinski definition) is 2. The largest absolute Gasteiger partial charge is 0.494 e. The van der Waals surface area contributed by atoms with Gasteiger partial charge >= 0.3 is 5.69 Å². The van der Waals surface area contributed by atoms with Crippen molar-refractivity contribution in [1.82, 2.24) is 9.13 Å². The van der Waals surface area contributed by atoms with Crippen LogP contribution in [0.25, 0.3) is 0 Å². The van der Waals surface area contributed by atoms with Gasteiger partial charge in [0.2, 0.25) is 0 Å². The first-order valence-electron chi connectivity index (χ1n) is 8.10. The number of nitriles is 1. The number of fused-ring (bicyclic) bond motifs is 1. The Kier molecular flexibility index (Phi) is 4.30. The fourth-order valence-electron chi connectivity index (χ4n) is 3.16. The van der Waals surface area contributed by atoms with Crippen molar-refractivity contribution in [3.05, 3.63) is 67.6 Å². The lowest BCUT2D eigenvalue weighted by Crippen LogP contribution is -2.43. The summed E-state index contributed by atoms with van der Waals surface area (Å²) in [5.41, 5.74) is 6.34. The molecule has 26 heavy (non-hydrogen) atoms. The molecule has 0 unspecified atom stereocenters. The number of aromatic nitrogens is 2. The molecule has 1 aromatic carbocycles. The third-order valence-corrected chi connectivity index (χ3v) is 4.46. The van der Waals surface area contributed by atoms with Gasteiger partial charge in [0, 0.05) is 14.1 Å². The van der Waals surface area contributed by atoms with Crippen LogP contribution in [0.2, 0.25) is 0 Å². The molecule has 2 aromatic rings. The van der Waals surface area contributed by atoms with E-state index in [0.29, 0.717) is 29.3 Å². The second kappa shape index (κ2) is 6.44. The molecule has 3 rings (SSSR count). The molecule has 1 aliphatic rings. The van der Waals surface area contributed by atoms with Gasteiger partial charge in [-0.2, -0.15) is 5.26 Å². The Morgan fingerprint density at radius 2 is 1.88 bits per heavy atom. The van der Waals surface area contributed by atoms with Gasteiger partial charge in [0.15, 0.2) is 0 Å². The molecule has 0 amide bonds. The quantitative estimate of drug-likeness (QED) is 0.841. The Hall–Kier alpha value is -3.47. The maximum Gasteiger partial charge on any atom is 0.332 e. The molecule has 0 spiro atoms. The highest BCUT2D eigenvalue weighted by Crippen LogP contribution is 2.38. The molecule has 3 N–H and O–H groups in total. The number of nitrogens with one attached hydrogen (secondary N) is 1. The summed E-state index contributed by atoms with van der Waals surface area (Å²) in [6, 6.07) is 9.22. The number of nitrogens with two attached hydrogens (primary N) is 1. The minimum absolute atomic E-state index is 0.127. The number of anilines is 1. The van der Waals surface area contributed by atoms with E-state index < -0.39 is 17.2 Å². The molecular weight excluding hydrogens is 334 g/mol. The number of rotatable bonds is 3. The van der Waals surface area contributed by atoms with Gasteiger partial charge in [-0.25, -0.2) is 4.79 Å². The predicted octanol–water partition coefficient (Wildman–Crippen LogP) is 0.734. The molecular formula is C18H19N5O3. The Morgan fingerprint density at radius 3 is 2.46 bits per heavy atom. The fourth-order valence-corrected chi connectivity index (χ4v) is 3.16. The SMILES string of the molecule is CCOc1ccc([C@H]2C(C#N)=C(N)Nc3c2c(=O)n(C)c(=O)n3C)cc1. The van der Waals surface area contributed by atoms with Crippen LogP contribution >= 0.6 is 0 Å². The average Bonchev–Trinajstić information content (AvgIpc) is 2.64. The van der Waals surface area contributed by atoms with E-state index in [-0.39, 0.29) is 11.4 Å². The maximum absolute atomic E-state index is 12.8. The minimum Gasteiger partial charge on any atom is -0.494 e. The van der Waals surface area contributed by atoms with Crippen LogP contribution in [-0.4, -0.2) is 15.7 Å². The van der Waals surface area contributed by atoms with Crippen LogP contribution in [0.3, 0.4) is 0 Å². The Balaban J connectivity index is 2.29. The van der Waals surface area contributed by atoms with Gasteiger partial charge in [-0.05, 0) is 24.6 Å². The van der Waals surface area contributed by atoms with E-state index in [1.807, 2.05) is 6.92 Å². The second-order valence-electron chi connectivity index (χ2n) is 5.97. The highest BCUT2D eigenvalue weighted by molar-refractivity contribution is 5.64. The van der Waals surface area contributed by atoms with Gasteiger partial charge in [0.1, 0.15) is 17.4 Å². The number of benzene rings is 1. The third kappa shape index (κ3) is 2.54. The average molecular weight is 353 g/mol. The van der Waals surface area contributed by atoms with Crippen LogP contribution in [0, 0.1) is 11.3 Å². The molecule has 0 saturated carbocycles. The van der Waals surface area contributed by atoms with Crippen molar-refractivity contribution in [3.63, 3.8) is 0 Å². The predicted molar refractivity (Wildman–Crippen MR) is 96.8 cm³/mol. The van der Waals surface area contributed by atoms with Crippen molar-refractivity contribution >= 4 is 5.82 Å². The third-order valence-electron chi connectivity index (χ3n) is 4.46. The first-order valence-corrected chi connectivity index (χ1v) is 8.10. The van der Waals surface area contributed by atoms with E-state index in [0.717, 1.165) is 4.57 Å². The zero-order valence-corrected chi connectivity index (χ0v) is 14.7. The van der Waals surface area contributed by atoms with E-state index >= 15 is 0 Å². The molecule has 1 aliphatic heterocycles. The second-order valence-corrected chi connectivity index (χ2v) is 5.97. The van der Waals surface area contributed by atoms with Crippen molar-refractivity contribution < 1.29 is 4.74 Å². The summed E-state index contributed by atoms with van der Waals surface area (Å²) in [4.78, 5) is 25.0. The van der Waals surface area contributed by atoms with Crippen LogP contribution in [0.5, 0.6) is 5.75 Å². The summed E-state index contributed by atoms with van der Waals surface area (Å²) in [5, 5.41) is 12.4. The Labute approximate surface area is 149 Å². The lowest BCUT2D eigenvalue weighted by atomic mass is 9.84. The number of ether oxygens (including phenoxy) is 1. The van der Waals surface area contributed by atoms with Gasteiger partial charge in [0.05, 0.1) is 29.7 Å². The molecule has 0 fully saturated rings. The van der Waals surface area contributed by atoms with E-state index in [4.69, 9.17) is 10.5 Å². The molecule has 8 heteroatoms. The fraction of sp³-hybridized carbons (Fsp3) is 0.278. The van der Waals surface area contributed by atoms with Crippen LogP contribution in [0.15, 0.2) is 45.2 Å². The van der Waals surface area contributed by atoms with Crippen LogP contribution < -0.4 is 27.0 Å². The van der Waals surface area contributed by atoms with Gasteiger partial charge in [0.25, 0.3) is 5.56 Å². The summed E-state index contributed by atoms with van der Waals surface area (Å²) >= 11 is 0. The van der Waals surface area contributed by atoms with Gasteiger partial charge < -0.3 is 15.8 Å². The van der Waals surface area contributed by atoms with Crippen LogP contribution in [0.1, 0.15) is 24.0 Å². The standard InChI is InChI=1S/C18H19N5O3/c1-4-26-11-7-5-10(6-8-11)13-12(9-19)15(20)21-16-14(13)17(24)23(3)18(25)22(16)2/h5-8,13,21H,4,20H2,1-3H3/t13-/m0/s1. The van der Waals surface area contributed by atoms with Crippen molar-refractivity contribution in [2.24, 2.45) is 19.8 Å². The van der Waals surface area contributed by atoms with Crippen LogP contribution in [-0.2, 0) is 14.1 Å². The summed E-state index contributed by atoms with van der Waals surface area (Å²) < 4.78 is 7.79. The van der Waals surface area contributed by atoms with Gasteiger partial charge in [-0.1, -0.05) is 12.1 Å². The van der Waals surface area contributed by atoms with Crippen molar-refractivity contribution in [2.75, 3.05) is 11.9 Å².